The van der Waals surface area contributed by atoms with E-state index < -0.39 is 24.0 Å². The van der Waals surface area contributed by atoms with Crippen LogP contribution in [0.4, 0.5) is 0 Å². The molecule has 0 spiro atoms. The number of rotatable bonds is 4. The van der Waals surface area contributed by atoms with Gasteiger partial charge in [0.2, 0.25) is 0 Å². The van der Waals surface area contributed by atoms with Crippen molar-refractivity contribution < 1.29 is 33.7 Å². The maximum atomic E-state index is 13.4. The van der Waals surface area contributed by atoms with Gasteiger partial charge in [-0.1, -0.05) is 38.1 Å². The molecule has 1 N–H and O–H groups in total. The number of allylic oxidation sites excluding steroid dienone is 1. The zero-order valence-corrected chi connectivity index (χ0v) is 22.3. The first-order valence-corrected chi connectivity index (χ1v) is 13.5. The third-order valence-electron chi connectivity index (χ3n) is 6.82. The minimum atomic E-state index is -0.648. The first-order valence-electron chi connectivity index (χ1n) is 13.5. The third kappa shape index (κ3) is 6.63. The van der Waals surface area contributed by atoms with Crippen molar-refractivity contribution in [2.75, 3.05) is 6.61 Å². The van der Waals surface area contributed by atoms with Gasteiger partial charge in [0.15, 0.2) is 0 Å². The minimum absolute atomic E-state index is 0.0162. The molecule has 0 amide bonds. The predicted octanol–water partition coefficient (Wildman–Crippen LogP) is 6.35. The highest BCUT2D eigenvalue weighted by atomic mass is 16.5. The monoisotopic (exact) mass is 520 g/mol. The quantitative estimate of drug-likeness (QED) is 0.370. The van der Waals surface area contributed by atoms with Crippen LogP contribution in [0.25, 0.3) is 6.08 Å². The van der Waals surface area contributed by atoms with Crippen LogP contribution in [-0.2, 0) is 14.3 Å². The van der Waals surface area contributed by atoms with Crippen molar-refractivity contribution in [2.45, 2.75) is 77.7 Å². The Balaban J connectivity index is 1.77. The lowest BCUT2D eigenvalue weighted by Gasteiger charge is -2.28. The number of carbonyl (C=O) groups excluding carboxylic acids is 3. The highest BCUT2D eigenvalue weighted by molar-refractivity contribution is 5.98. The molecule has 202 valence electrons. The average molecular weight is 521 g/mol. The molecule has 0 saturated carbocycles. The lowest BCUT2D eigenvalue weighted by atomic mass is 9.83. The molecular formula is C31H36O7. The van der Waals surface area contributed by atoms with Crippen LogP contribution >= 0.6 is 0 Å². The van der Waals surface area contributed by atoms with E-state index in [2.05, 4.69) is 13.8 Å². The second-order valence-corrected chi connectivity index (χ2v) is 10.6. The molecule has 2 aromatic carbocycles. The van der Waals surface area contributed by atoms with E-state index in [0.717, 1.165) is 5.56 Å². The number of ether oxygens (including phenoxy) is 3. The molecule has 7 heteroatoms. The Kier molecular flexibility index (Phi) is 8.87. The second-order valence-electron chi connectivity index (χ2n) is 10.6. The van der Waals surface area contributed by atoms with Gasteiger partial charge in [-0.2, -0.15) is 0 Å². The van der Waals surface area contributed by atoms with Crippen LogP contribution in [0.1, 0.15) is 98.7 Å². The average Bonchev–Trinajstić information content (AvgIpc) is 2.86. The number of esters is 2. The highest BCUT2D eigenvalue weighted by Gasteiger charge is 2.35. The number of carbonyl (C=O) groups is 3. The first-order chi connectivity index (χ1) is 18.2. The standard InChI is InChI=1S/C31H36O7/c1-19(2)18-36-24-14-8-11-21(15-24)25-17-27(33)38-26-16-22-10-5-4-6-12-23(32)13-7-9-20(3)37-31(35)28(22)30(34)29(25)26/h5,8,10-11,14-16,19-20,25,34H,4,6-7,9,12-13,17-18H2,1-3H3/t20-,25-/m0/s1. The summed E-state index contributed by atoms with van der Waals surface area (Å²) in [5.41, 5.74) is 1.62. The van der Waals surface area contributed by atoms with E-state index in [1.807, 2.05) is 30.3 Å². The van der Waals surface area contributed by atoms with Gasteiger partial charge in [-0.15, -0.1) is 0 Å². The zero-order chi connectivity index (χ0) is 27.2. The minimum Gasteiger partial charge on any atom is -0.507 e. The van der Waals surface area contributed by atoms with Gasteiger partial charge in [0.05, 0.1) is 19.1 Å². The van der Waals surface area contributed by atoms with E-state index in [1.165, 1.54) is 0 Å². The van der Waals surface area contributed by atoms with Crippen molar-refractivity contribution >= 4 is 23.8 Å². The molecule has 7 nitrogen and oxygen atoms in total. The van der Waals surface area contributed by atoms with E-state index in [1.54, 1.807) is 19.1 Å². The van der Waals surface area contributed by atoms with Gasteiger partial charge in [0.1, 0.15) is 28.6 Å². The summed E-state index contributed by atoms with van der Waals surface area (Å²) < 4.78 is 17.1. The van der Waals surface area contributed by atoms with Crippen LogP contribution in [-0.4, -0.2) is 35.5 Å². The molecule has 2 heterocycles. The summed E-state index contributed by atoms with van der Waals surface area (Å²) in [4.78, 5) is 38.1. The number of Topliss-reactive ketones (excluding diaryl/α,β-unsaturated/α-hetero) is 1. The van der Waals surface area contributed by atoms with Crippen molar-refractivity contribution in [3.63, 3.8) is 0 Å². The summed E-state index contributed by atoms with van der Waals surface area (Å²) in [6, 6.07) is 9.07. The summed E-state index contributed by atoms with van der Waals surface area (Å²) in [7, 11) is 0. The molecule has 0 aromatic heterocycles. The molecule has 2 aliphatic heterocycles. The predicted molar refractivity (Wildman–Crippen MR) is 144 cm³/mol. The van der Waals surface area contributed by atoms with Crippen LogP contribution in [0.5, 0.6) is 17.2 Å². The van der Waals surface area contributed by atoms with Crippen LogP contribution in [0.3, 0.4) is 0 Å². The molecule has 0 radical (unpaired) electrons. The molecule has 2 aromatic rings. The lowest BCUT2D eigenvalue weighted by Crippen LogP contribution is -2.23. The summed E-state index contributed by atoms with van der Waals surface area (Å²) in [6.07, 6.45) is 6.67. The molecule has 0 bridgehead atoms. The largest absolute Gasteiger partial charge is 0.507 e. The van der Waals surface area contributed by atoms with Crippen LogP contribution in [0.2, 0.25) is 0 Å². The van der Waals surface area contributed by atoms with Crippen molar-refractivity contribution in [3.05, 3.63) is 58.7 Å². The van der Waals surface area contributed by atoms with E-state index >= 15 is 0 Å². The molecule has 4 rings (SSSR count). The molecule has 2 aliphatic rings. The first kappa shape index (κ1) is 27.4. The topological polar surface area (TPSA) is 99.1 Å². The number of fused-ring (bicyclic) bond motifs is 2. The fraction of sp³-hybridized carbons (Fsp3) is 0.452. The summed E-state index contributed by atoms with van der Waals surface area (Å²) >= 11 is 0. The van der Waals surface area contributed by atoms with Crippen LogP contribution in [0, 0.1) is 5.92 Å². The van der Waals surface area contributed by atoms with Crippen molar-refractivity contribution in [2.24, 2.45) is 5.92 Å². The number of benzene rings is 2. The molecule has 0 unspecified atom stereocenters. The van der Waals surface area contributed by atoms with E-state index in [4.69, 9.17) is 14.2 Å². The molecular weight excluding hydrogens is 484 g/mol. The van der Waals surface area contributed by atoms with Crippen molar-refractivity contribution in [1.29, 1.82) is 0 Å². The van der Waals surface area contributed by atoms with Crippen molar-refractivity contribution in [3.8, 4) is 17.2 Å². The lowest BCUT2D eigenvalue weighted by molar-refractivity contribution is -0.135. The Morgan fingerprint density at radius 3 is 2.68 bits per heavy atom. The van der Waals surface area contributed by atoms with Gasteiger partial charge in [-0.05, 0) is 67.9 Å². The Morgan fingerprint density at radius 2 is 1.89 bits per heavy atom. The maximum absolute atomic E-state index is 13.4. The number of aromatic hydroxyl groups is 1. The van der Waals surface area contributed by atoms with Gasteiger partial charge in [0, 0.05) is 24.3 Å². The number of cyclic esters (lactones) is 1. The van der Waals surface area contributed by atoms with Gasteiger partial charge in [-0.25, -0.2) is 4.79 Å². The number of hydrogen-bond donors (Lipinski definition) is 1. The van der Waals surface area contributed by atoms with Crippen LogP contribution < -0.4 is 9.47 Å². The summed E-state index contributed by atoms with van der Waals surface area (Å²) in [5, 5.41) is 11.5. The number of ketones is 1. The molecule has 0 fully saturated rings. The Hall–Kier alpha value is -3.61. The Labute approximate surface area is 223 Å². The maximum Gasteiger partial charge on any atom is 0.342 e. The fourth-order valence-corrected chi connectivity index (χ4v) is 4.89. The fourth-order valence-electron chi connectivity index (χ4n) is 4.89. The summed E-state index contributed by atoms with van der Waals surface area (Å²) in [6.45, 7) is 6.46. The van der Waals surface area contributed by atoms with Gasteiger partial charge < -0.3 is 19.3 Å². The molecule has 2 atom stereocenters. The Morgan fingerprint density at radius 1 is 1.11 bits per heavy atom. The van der Waals surface area contributed by atoms with E-state index in [9.17, 15) is 19.5 Å². The van der Waals surface area contributed by atoms with Gasteiger partial charge >= 0.3 is 11.9 Å². The van der Waals surface area contributed by atoms with Crippen molar-refractivity contribution in [1.82, 2.24) is 0 Å². The van der Waals surface area contributed by atoms with E-state index in [0.29, 0.717) is 67.9 Å². The zero-order valence-electron chi connectivity index (χ0n) is 22.3. The Bertz CT molecular complexity index is 1230. The number of phenolic OH excluding ortho intramolecular Hbond substituents is 1. The van der Waals surface area contributed by atoms with Crippen LogP contribution in [0.15, 0.2) is 36.4 Å². The number of phenols is 1. The number of hydrogen-bond acceptors (Lipinski definition) is 7. The smallest absolute Gasteiger partial charge is 0.342 e. The SMILES string of the molecule is CC(C)COc1cccc([C@@H]2CC(=O)Oc3cc4c(c(O)c32)C(=O)O[C@@H](C)CCCC(=O)CCCC=C4)c1. The van der Waals surface area contributed by atoms with Gasteiger partial charge in [0.25, 0.3) is 0 Å². The molecule has 0 saturated heterocycles. The highest BCUT2D eigenvalue weighted by Crippen LogP contribution is 2.47. The molecule has 38 heavy (non-hydrogen) atoms. The summed E-state index contributed by atoms with van der Waals surface area (Å²) in [5.74, 6) is -0.384. The molecule has 0 aliphatic carbocycles. The second kappa shape index (κ2) is 12.3. The normalized spacial score (nSPS) is 20.7. The van der Waals surface area contributed by atoms with Gasteiger partial charge in [-0.3, -0.25) is 9.59 Å². The third-order valence-corrected chi connectivity index (χ3v) is 6.82. The van der Waals surface area contributed by atoms with E-state index in [-0.39, 0.29) is 29.3 Å².